The van der Waals surface area contributed by atoms with Crippen LogP contribution in [0.4, 0.5) is 14.5 Å². The summed E-state index contributed by atoms with van der Waals surface area (Å²) in [5, 5.41) is 4.77. The summed E-state index contributed by atoms with van der Waals surface area (Å²) in [5.74, 6) is -2.73. The number of nitrogens with zero attached hydrogens (tertiary/aromatic N) is 2. The largest absolute Gasteiger partial charge is 0.378 e. The van der Waals surface area contributed by atoms with Crippen molar-refractivity contribution >= 4 is 26.9 Å². The third kappa shape index (κ3) is 3.86. The first-order valence-corrected chi connectivity index (χ1v) is 12.7. The Morgan fingerprint density at radius 1 is 1.13 bits per heavy atom. The number of halogens is 2. The summed E-state index contributed by atoms with van der Waals surface area (Å²) >= 11 is 1.23. The van der Waals surface area contributed by atoms with E-state index in [-0.39, 0.29) is 23.5 Å². The number of benzene rings is 2. The fourth-order valence-corrected chi connectivity index (χ4v) is 6.53. The van der Waals surface area contributed by atoms with Gasteiger partial charge in [-0.3, -0.25) is 4.90 Å². The molecule has 1 saturated heterocycles. The van der Waals surface area contributed by atoms with Crippen LogP contribution in [0.1, 0.15) is 41.7 Å². The quantitative estimate of drug-likeness (QED) is 0.577. The fourth-order valence-electron chi connectivity index (χ4n) is 4.46. The van der Waals surface area contributed by atoms with Crippen LogP contribution in [-0.2, 0) is 15.6 Å². The minimum Gasteiger partial charge on any atom is -0.378 e. The van der Waals surface area contributed by atoms with E-state index in [4.69, 9.17) is 0 Å². The fraction of sp³-hybridized carbons (Fsp3) is 0.318. The number of rotatable bonds is 6. The minimum atomic E-state index is -4.19. The lowest BCUT2D eigenvalue weighted by atomic mass is 10.0. The Labute approximate surface area is 183 Å². The Hall–Kier alpha value is -2.36. The van der Waals surface area contributed by atoms with Gasteiger partial charge in [0.2, 0.25) is 0 Å². The topological polar surface area (TPSA) is 62.3 Å². The summed E-state index contributed by atoms with van der Waals surface area (Å²) in [6.45, 7) is 2.11. The Bertz CT molecular complexity index is 1190. The molecule has 5 rings (SSSR count). The van der Waals surface area contributed by atoms with Crippen molar-refractivity contribution < 1.29 is 17.2 Å². The van der Waals surface area contributed by atoms with Crippen LogP contribution in [0.5, 0.6) is 0 Å². The summed E-state index contributed by atoms with van der Waals surface area (Å²) in [7, 11) is -4.19. The molecule has 2 aromatic carbocycles. The highest BCUT2D eigenvalue weighted by Gasteiger charge is 2.36. The van der Waals surface area contributed by atoms with E-state index < -0.39 is 32.1 Å². The summed E-state index contributed by atoms with van der Waals surface area (Å²) in [6, 6.07) is 10.4. The maximum atomic E-state index is 14.8. The molecule has 9 heteroatoms. The van der Waals surface area contributed by atoms with Gasteiger partial charge in [0, 0.05) is 17.1 Å². The molecule has 2 atom stereocenters. The molecular weight excluding hydrogens is 440 g/mol. The van der Waals surface area contributed by atoms with Crippen molar-refractivity contribution in [1.82, 2.24) is 9.88 Å². The Kier molecular flexibility index (Phi) is 5.27. The predicted octanol–water partition coefficient (Wildman–Crippen LogP) is 4.70. The molecule has 162 valence electrons. The zero-order valence-electron chi connectivity index (χ0n) is 16.6. The third-order valence-corrected chi connectivity index (χ3v) is 8.32. The van der Waals surface area contributed by atoms with E-state index in [9.17, 15) is 17.2 Å². The van der Waals surface area contributed by atoms with Crippen molar-refractivity contribution in [2.75, 3.05) is 18.4 Å². The number of anilines is 1. The summed E-state index contributed by atoms with van der Waals surface area (Å²) in [4.78, 5) is 5.41. The molecule has 0 radical (unpaired) electrons. The molecular formula is C22H21F2N3O2S2. The van der Waals surface area contributed by atoms with Crippen molar-refractivity contribution in [2.24, 2.45) is 0 Å². The monoisotopic (exact) mass is 461 g/mol. The van der Waals surface area contributed by atoms with Gasteiger partial charge in [0.15, 0.2) is 9.84 Å². The van der Waals surface area contributed by atoms with Crippen LogP contribution in [0, 0.1) is 11.6 Å². The van der Waals surface area contributed by atoms with Crippen molar-refractivity contribution in [3.63, 3.8) is 0 Å². The first kappa shape index (κ1) is 20.5. The molecule has 0 saturated carbocycles. The van der Waals surface area contributed by atoms with E-state index >= 15 is 0 Å². The van der Waals surface area contributed by atoms with Gasteiger partial charge in [-0.2, -0.15) is 0 Å². The molecule has 1 N–H and O–H groups in total. The van der Waals surface area contributed by atoms with Gasteiger partial charge in [-0.05, 0) is 49.2 Å². The SMILES string of the molecule is O=S(=O)(Cc1cscn1)c1c(F)cc(N[C@@H]2C[C@H](N3CCC3)c3ccccc32)cc1F. The number of aromatic nitrogens is 1. The number of hydrogen-bond donors (Lipinski definition) is 1. The minimum absolute atomic E-state index is 0.0990. The molecule has 0 unspecified atom stereocenters. The molecule has 1 fully saturated rings. The lowest BCUT2D eigenvalue weighted by molar-refractivity contribution is 0.116. The Morgan fingerprint density at radius 2 is 1.84 bits per heavy atom. The highest BCUT2D eigenvalue weighted by molar-refractivity contribution is 7.90. The summed E-state index contributed by atoms with van der Waals surface area (Å²) in [5.41, 5.74) is 4.33. The Balaban J connectivity index is 1.41. The first-order valence-electron chi connectivity index (χ1n) is 10.1. The van der Waals surface area contributed by atoms with Gasteiger partial charge in [0.05, 0.1) is 23.0 Å². The number of likely N-dealkylation sites (tertiary alicyclic amines) is 1. The average molecular weight is 462 g/mol. The number of sulfone groups is 1. The predicted molar refractivity (Wildman–Crippen MR) is 116 cm³/mol. The molecule has 31 heavy (non-hydrogen) atoms. The zero-order chi connectivity index (χ0) is 21.6. The zero-order valence-corrected chi connectivity index (χ0v) is 18.2. The van der Waals surface area contributed by atoms with Crippen LogP contribution in [0.3, 0.4) is 0 Å². The van der Waals surface area contributed by atoms with Crippen LogP contribution < -0.4 is 5.32 Å². The number of thiazole rings is 1. The maximum absolute atomic E-state index is 14.8. The van der Waals surface area contributed by atoms with Crippen LogP contribution in [0.2, 0.25) is 0 Å². The normalized spacial score (nSPS) is 21.0. The van der Waals surface area contributed by atoms with Gasteiger partial charge in [-0.15, -0.1) is 11.3 Å². The van der Waals surface area contributed by atoms with E-state index in [1.807, 2.05) is 18.2 Å². The van der Waals surface area contributed by atoms with Crippen LogP contribution in [0.15, 0.2) is 52.2 Å². The molecule has 1 aromatic heterocycles. The number of hydrogen-bond acceptors (Lipinski definition) is 6. The van der Waals surface area contributed by atoms with E-state index in [2.05, 4.69) is 21.3 Å². The van der Waals surface area contributed by atoms with E-state index in [1.54, 1.807) is 5.38 Å². The van der Waals surface area contributed by atoms with Gasteiger partial charge < -0.3 is 5.32 Å². The van der Waals surface area contributed by atoms with Crippen molar-refractivity contribution in [3.8, 4) is 0 Å². The Morgan fingerprint density at radius 3 is 2.45 bits per heavy atom. The second-order valence-corrected chi connectivity index (χ2v) is 10.6. The van der Waals surface area contributed by atoms with Gasteiger partial charge >= 0.3 is 0 Å². The van der Waals surface area contributed by atoms with Gasteiger partial charge in [-0.1, -0.05) is 24.3 Å². The second kappa shape index (κ2) is 7.96. The maximum Gasteiger partial charge on any atom is 0.189 e. The number of nitrogens with one attached hydrogen (secondary N) is 1. The van der Waals surface area contributed by atoms with Gasteiger partial charge in [0.1, 0.15) is 16.5 Å². The molecule has 5 nitrogen and oxygen atoms in total. The van der Waals surface area contributed by atoms with Crippen molar-refractivity contribution in [3.05, 3.63) is 75.7 Å². The molecule has 1 aliphatic heterocycles. The van der Waals surface area contributed by atoms with Crippen molar-refractivity contribution in [2.45, 2.75) is 35.6 Å². The van der Waals surface area contributed by atoms with Gasteiger partial charge in [-0.25, -0.2) is 22.2 Å². The van der Waals surface area contributed by atoms with Crippen molar-refractivity contribution in [1.29, 1.82) is 0 Å². The van der Waals surface area contributed by atoms with Gasteiger partial charge in [0.25, 0.3) is 0 Å². The molecule has 0 amide bonds. The molecule has 3 aromatic rings. The van der Waals surface area contributed by atoms with Crippen LogP contribution in [0.25, 0.3) is 0 Å². The lowest BCUT2D eigenvalue weighted by Crippen LogP contribution is -2.39. The average Bonchev–Trinajstić information content (AvgIpc) is 3.28. The second-order valence-electron chi connectivity index (χ2n) is 7.97. The van der Waals surface area contributed by atoms with Crippen LogP contribution in [-0.4, -0.2) is 31.4 Å². The standard InChI is InChI=1S/C22H21F2N3O2S2/c23-18-8-14(9-19(24)22(18)31(28,29)12-15-11-30-13-25-15)26-20-10-21(27-6-3-7-27)17-5-2-1-4-16(17)20/h1-2,4-5,8-9,11,13,20-21,26H,3,6-7,10,12H2/t20-,21+/m1/s1. The van der Waals surface area contributed by atoms with E-state index in [1.165, 1.54) is 28.8 Å². The molecule has 0 bridgehead atoms. The molecule has 1 aliphatic carbocycles. The summed E-state index contributed by atoms with van der Waals surface area (Å²) in [6.07, 6.45) is 1.98. The summed E-state index contributed by atoms with van der Waals surface area (Å²) < 4.78 is 54.7. The highest BCUT2D eigenvalue weighted by Crippen LogP contribution is 2.45. The smallest absolute Gasteiger partial charge is 0.189 e. The lowest BCUT2D eigenvalue weighted by Gasteiger charge is -2.37. The van der Waals surface area contributed by atoms with E-state index in [0.717, 1.165) is 37.2 Å². The number of fused-ring (bicyclic) bond motifs is 1. The molecule has 0 spiro atoms. The molecule has 2 heterocycles. The molecule has 2 aliphatic rings. The highest BCUT2D eigenvalue weighted by atomic mass is 32.2. The van der Waals surface area contributed by atoms with Crippen LogP contribution >= 0.6 is 11.3 Å². The van der Waals surface area contributed by atoms with E-state index in [0.29, 0.717) is 0 Å². The first-order chi connectivity index (χ1) is 14.9. The third-order valence-electron chi connectivity index (χ3n) is 5.99.